The molecule has 3 amide bonds. The number of rotatable bonds is 4. The van der Waals surface area contributed by atoms with Gasteiger partial charge in [-0.15, -0.1) is 0 Å². The summed E-state index contributed by atoms with van der Waals surface area (Å²) in [5.41, 5.74) is -0.308. The van der Waals surface area contributed by atoms with Crippen molar-refractivity contribution in [1.82, 2.24) is 15.5 Å². The third-order valence-corrected chi connectivity index (χ3v) is 3.19. The number of nitrogens with zero attached hydrogens (tertiary/aromatic N) is 1. The minimum Gasteiger partial charge on any atom is -0.341 e. The number of carbonyl (C=O) groups excluding carboxylic acids is 2. The smallest absolute Gasteiger partial charge is 0.341 e. The van der Waals surface area contributed by atoms with Crippen LogP contribution in [-0.4, -0.2) is 37.0 Å². The normalized spacial score (nSPS) is 12.9. The highest BCUT2D eigenvalue weighted by atomic mass is 19.4. The molecule has 0 aromatic heterocycles. The predicted molar refractivity (Wildman–Crippen MR) is 75.0 cm³/mol. The zero-order chi connectivity index (χ0) is 16.9. The quantitative estimate of drug-likeness (QED) is 0.893. The fourth-order valence-corrected chi connectivity index (χ4v) is 1.75. The fraction of sp³-hybridized carbons (Fsp3) is 0.429. The lowest BCUT2D eigenvalue weighted by Crippen LogP contribution is -2.47. The zero-order valence-electron chi connectivity index (χ0n) is 12.5. The Hall–Kier alpha value is -2.09. The van der Waals surface area contributed by atoms with Crippen molar-refractivity contribution in [2.45, 2.75) is 25.7 Å². The molecule has 2 N–H and O–H groups in total. The highest BCUT2D eigenvalue weighted by Crippen LogP contribution is 2.29. The molecule has 0 unspecified atom stereocenters. The van der Waals surface area contributed by atoms with Crippen LogP contribution in [0.5, 0.6) is 0 Å². The van der Waals surface area contributed by atoms with Gasteiger partial charge < -0.3 is 5.32 Å². The summed E-state index contributed by atoms with van der Waals surface area (Å²) in [5.74, 6) is -0.533. The van der Waals surface area contributed by atoms with E-state index in [0.29, 0.717) is 5.56 Å². The molecule has 0 aliphatic carbocycles. The molecule has 0 radical (unpaired) electrons. The van der Waals surface area contributed by atoms with E-state index >= 15 is 0 Å². The minimum absolute atomic E-state index is 0.145. The molecule has 1 atom stereocenters. The Morgan fingerprint density at radius 3 is 2.50 bits per heavy atom. The second-order valence-corrected chi connectivity index (χ2v) is 4.86. The number of carbonyl (C=O) groups is 2. The SMILES string of the molecule is CNC(=O)NC(=O)[C@H](C)N(C)Cc1cccc(C(F)(F)F)c1. The molecule has 0 bridgehead atoms. The summed E-state index contributed by atoms with van der Waals surface area (Å²) < 4.78 is 38.0. The fourth-order valence-electron chi connectivity index (χ4n) is 1.75. The second kappa shape index (κ2) is 7.26. The van der Waals surface area contributed by atoms with Crippen molar-refractivity contribution in [2.24, 2.45) is 0 Å². The first-order valence-corrected chi connectivity index (χ1v) is 6.54. The average molecular weight is 317 g/mol. The van der Waals surface area contributed by atoms with Crippen molar-refractivity contribution < 1.29 is 22.8 Å². The third kappa shape index (κ3) is 5.03. The van der Waals surface area contributed by atoms with Crippen molar-refractivity contribution in [2.75, 3.05) is 14.1 Å². The molecular weight excluding hydrogens is 299 g/mol. The standard InChI is InChI=1S/C14H18F3N3O2/c1-9(12(21)19-13(22)18-2)20(3)8-10-5-4-6-11(7-10)14(15,16)17/h4-7,9H,8H2,1-3H3,(H2,18,19,21,22)/t9-/m0/s1. The summed E-state index contributed by atoms with van der Waals surface area (Å²) >= 11 is 0. The van der Waals surface area contributed by atoms with Gasteiger partial charge in [0, 0.05) is 13.6 Å². The van der Waals surface area contributed by atoms with Gasteiger partial charge in [-0.25, -0.2) is 4.79 Å². The van der Waals surface area contributed by atoms with Crippen molar-refractivity contribution in [1.29, 1.82) is 0 Å². The zero-order valence-corrected chi connectivity index (χ0v) is 12.5. The molecule has 0 aliphatic rings. The first-order chi connectivity index (χ1) is 10.1. The van der Waals surface area contributed by atoms with E-state index in [-0.39, 0.29) is 6.54 Å². The molecule has 22 heavy (non-hydrogen) atoms. The van der Waals surface area contributed by atoms with Crippen LogP contribution in [0, 0.1) is 0 Å². The molecule has 0 saturated heterocycles. The molecule has 0 spiro atoms. The van der Waals surface area contributed by atoms with Crippen LogP contribution >= 0.6 is 0 Å². The molecule has 1 rings (SSSR count). The van der Waals surface area contributed by atoms with E-state index < -0.39 is 29.7 Å². The van der Waals surface area contributed by atoms with E-state index in [1.54, 1.807) is 24.9 Å². The van der Waals surface area contributed by atoms with Crippen molar-refractivity contribution in [3.63, 3.8) is 0 Å². The van der Waals surface area contributed by atoms with Crippen LogP contribution in [0.1, 0.15) is 18.1 Å². The van der Waals surface area contributed by atoms with E-state index in [1.807, 2.05) is 0 Å². The first-order valence-electron chi connectivity index (χ1n) is 6.54. The van der Waals surface area contributed by atoms with Gasteiger partial charge in [0.15, 0.2) is 0 Å². The number of alkyl halides is 3. The minimum atomic E-state index is -4.41. The maximum absolute atomic E-state index is 12.7. The molecule has 0 heterocycles. The van der Waals surface area contributed by atoms with Gasteiger partial charge in [0.1, 0.15) is 0 Å². The lowest BCUT2D eigenvalue weighted by molar-refractivity contribution is -0.137. The van der Waals surface area contributed by atoms with Gasteiger partial charge in [-0.05, 0) is 25.6 Å². The molecular formula is C14H18F3N3O2. The van der Waals surface area contributed by atoms with Crippen LogP contribution in [0.3, 0.4) is 0 Å². The maximum Gasteiger partial charge on any atom is 0.416 e. The van der Waals surface area contributed by atoms with Crippen molar-refractivity contribution in [3.05, 3.63) is 35.4 Å². The first kappa shape index (κ1) is 18.0. The summed E-state index contributed by atoms with van der Waals surface area (Å²) in [5, 5.41) is 4.37. The number of urea groups is 1. The molecule has 0 saturated carbocycles. The van der Waals surface area contributed by atoms with Crippen LogP contribution in [0.15, 0.2) is 24.3 Å². The van der Waals surface area contributed by atoms with E-state index in [4.69, 9.17) is 0 Å². The summed E-state index contributed by atoms with van der Waals surface area (Å²) in [4.78, 5) is 24.4. The number of nitrogens with one attached hydrogen (secondary N) is 2. The summed E-state index contributed by atoms with van der Waals surface area (Å²) in [7, 11) is 2.97. The number of imide groups is 1. The Bertz CT molecular complexity index is 546. The summed E-state index contributed by atoms with van der Waals surface area (Å²) in [6.07, 6.45) is -4.41. The van der Waals surface area contributed by atoms with Gasteiger partial charge in [-0.2, -0.15) is 13.2 Å². The average Bonchev–Trinajstić information content (AvgIpc) is 2.45. The predicted octanol–water partition coefficient (Wildman–Crippen LogP) is 1.98. The molecule has 0 fully saturated rings. The highest BCUT2D eigenvalue weighted by Gasteiger charge is 2.30. The number of halogens is 3. The summed E-state index contributed by atoms with van der Waals surface area (Å²) in [6.45, 7) is 1.71. The van der Waals surface area contributed by atoms with Crippen molar-refractivity contribution >= 4 is 11.9 Å². The Morgan fingerprint density at radius 2 is 1.95 bits per heavy atom. The lowest BCUT2D eigenvalue weighted by atomic mass is 10.1. The van der Waals surface area contributed by atoms with Gasteiger partial charge in [0.25, 0.3) is 0 Å². The van der Waals surface area contributed by atoms with Crippen LogP contribution in [0.2, 0.25) is 0 Å². The van der Waals surface area contributed by atoms with E-state index in [0.717, 1.165) is 12.1 Å². The maximum atomic E-state index is 12.7. The molecule has 0 aliphatic heterocycles. The number of likely N-dealkylation sites (N-methyl/N-ethyl adjacent to an activating group) is 1. The Morgan fingerprint density at radius 1 is 1.32 bits per heavy atom. The molecule has 122 valence electrons. The van der Waals surface area contributed by atoms with Crippen LogP contribution in [-0.2, 0) is 17.5 Å². The van der Waals surface area contributed by atoms with Crippen LogP contribution in [0.4, 0.5) is 18.0 Å². The van der Waals surface area contributed by atoms with E-state index in [9.17, 15) is 22.8 Å². The van der Waals surface area contributed by atoms with Gasteiger partial charge in [0.2, 0.25) is 5.91 Å². The second-order valence-electron chi connectivity index (χ2n) is 4.86. The Kier molecular flexibility index (Phi) is 5.92. The number of hydrogen-bond donors (Lipinski definition) is 2. The van der Waals surface area contributed by atoms with Gasteiger partial charge in [0.05, 0.1) is 11.6 Å². The molecule has 1 aromatic carbocycles. The van der Waals surface area contributed by atoms with Gasteiger partial charge in [-0.1, -0.05) is 18.2 Å². The van der Waals surface area contributed by atoms with Crippen molar-refractivity contribution in [3.8, 4) is 0 Å². The van der Waals surface area contributed by atoms with Gasteiger partial charge >= 0.3 is 12.2 Å². The highest BCUT2D eigenvalue weighted by molar-refractivity contribution is 5.96. The number of hydrogen-bond acceptors (Lipinski definition) is 3. The third-order valence-electron chi connectivity index (χ3n) is 3.19. The molecule has 8 heteroatoms. The van der Waals surface area contributed by atoms with Crippen LogP contribution in [0.25, 0.3) is 0 Å². The summed E-state index contributed by atoms with van der Waals surface area (Å²) in [6, 6.07) is 3.60. The van der Waals surface area contributed by atoms with E-state index in [1.165, 1.54) is 13.1 Å². The Labute approximate surface area is 126 Å². The largest absolute Gasteiger partial charge is 0.416 e. The number of amides is 3. The molecule has 1 aromatic rings. The monoisotopic (exact) mass is 317 g/mol. The van der Waals surface area contributed by atoms with Crippen LogP contribution < -0.4 is 10.6 Å². The lowest BCUT2D eigenvalue weighted by Gasteiger charge is -2.23. The number of benzene rings is 1. The molecule has 5 nitrogen and oxygen atoms in total. The van der Waals surface area contributed by atoms with Gasteiger partial charge in [-0.3, -0.25) is 15.0 Å². The van der Waals surface area contributed by atoms with E-state index in [2.05, 4.69) is 10.6 Å². The topological polar surface area (TPSA) is 61.4 Å². The Balaban J connectivity index is 2.74.